The molecule has 0 amide bonds. The summed E-state index contributed by atoms with van der Waals surface area (Å²) in [6.07, 6.45) is 4.98. The molecule has 2 aromatic carbocycles. The molecule has 1 heterocycles. The molecule has 26 heavy (non-hydrogen) atoms. The summed E-state index contributed by atoms with van der Waals surface area (Å²) in [5, 5.41) is 4.21. The maximum absolute atomic E-state index is 12.3. The summed E-state index contributed by atoms with van der Waals surface area (Å²) in [5.41, 5.74) is 4.94. The van der Waals surface area contributed by atoms with Gasteiger partial charge in [0.1, 0.15) is 5.82 Å². The molecule has 0 unspecified atom stereocenters. The molecule has 0 bridgehead atoms. The van der Waals surface area contributed by atoms with Crippen molar-refractivity contribution in [2.45, 2.75) is 51.6 Å². The van der Waals surface area contributed by atoms with Crippen molar-refractivity contribution in [1.82, 2.24) is 15.3 Å². The van der Waals surface area contributed by atoms with Crippen molar-refractivity contribution in [2.24, 2.45) is 0 Å². The van der Waals surface area contributed by atoms with Gasteiger partial charge in [0.2, 0.25) is 0 Å². The molecule has 1 aromatic heterocycles. The van der Waals surface area contributed by atoms with E-state index in [0.717, 1.165) is 5.52 Å². The van der Waals surface area contributed by atoms with E-state index in [9.17, 15) is 4.79 Å². The number of hydrogen-bond acceptors (Lipinski definition) is 3. The van der Waals surface area contributed by atoms with Crippen LogP contribution in [-0.2, 0) is 12.8 Å². The smallest absolute Gasteiger partial charge is 0.258 e. The van der Waals surface area contributed by atoms with Gasteiger partial charge in [-0.2, -0.15) is 0 Å². The Kier molecular flexibility index (Phi) is 4.60. The van der Waals surface area contributed by atoms with Crippen molar-refractivity contribution in [3.8, 4) is 0 Å². The molecule has 2 atom stereocenters. The minimum Gasteiger partial charge on any atom is -0.309 e. The molecular formula is C22H25N3O. The fourth-order valence-electron chi connectivity index (χ4n) is 3.88. The number of benzene rings is 2. The summed E-state index contributed by atoms with van der Waals surface area (Å²) in [6, 6.07) is 14.5. The summed E-state index contributed by atoms with van der Waals surface area (Å²) in [7, 11) is 0. The maximum Gasteiger partial charge on any atom is 0.258 e. The van der Waals surface area contributed by atoms with E-state index in [1.54, 1.807) is 6.07 Å². The predicted molar refractivity (Wildman–Crippen MR) is 105 cm³/mol. The number of H-pyrrole nitrogens is 1. The van der Waals surface area contributed by atoms with Crippen LogP contribution < -0.4 is 10.9 Å². The summed E-state index contributed by atoms with van der Waals surface area (Å²) >= 11 is 0. The molecule has 3 aromatic rings. The van der Waals surface area contributed by atoms with Crippen LogP contribution in [0.5, 0.6) is 0 Å². The van der Waals surface area contributed by atoms with E-state index in [4.69, 9.17) is 0 Å². The highest BCUT2D eigenvalue weighted by Crippen LogP contribution is 2.26. The van der Waals surface area contributed by atoms with E-state index in [0.29, 0.717) is 11.2 Å². The Labute approximate surface area is 153 Å². The summed E-state index contributed by atoms with van der Waals surface area (Å²) in [4.78, 5) is 19.9. The van der Waals surface area contributed by atoms with Gasteiger partial charge in [-0.05, 0) is 68.4 Å². The van der Waals surface area contributed by atoms with Crippen molar-refractivity contribution in [3.05, 3.63) is 75.3 Å². The van der Waals surface area contributed by atoms with Gasteiger partial charge in [0.05, 0.1) is 16.9 Å². The third-order valence-corrected chi connectivity index (χ3v) is 5.41. The minimum absolute atomic E-state index is 0.0432. The molecule has 0 fully saturated rings. The number of aromatic nitrogens is 2. The average molecular weight is 347 g/mol. The third kappa shape index (κ3) is 3.29. The molecule has 134 valence electrons. The molecule has 4 nitrogen and oxygen atoms in total. The van der Waals surface area contributed by atoms with Crippen molar-refractivity contribution >= 4 is 10.9 Å². The highest BCUT2D eigenvalue weighted by molar-refractivity contribution is 5.77. The van der Waals surface area contributed by atoms with Crippen LogP contribution in [0.25, 0.3) is 10.9 Å². The molecule has 1 aliphatic carbocycles. The van der Waals surface area contributed by atoms with Gasteiger partial charge in [0.15, 0.2) is 0 Å². The van der Waals surface area contributed by atoms with Gasteiger partial charge < -0.3 is 10.3 Å². The quantitative estimate of drug-likeness (QED) is 0.743. The van der Waals surface area contributed by atoms with Gasteiger partial charge >= 0.3 is 0 Å². The Balaban J connectivity index is 1.56. The second-order valence-electron chi connectivity index (χ2n) is 7.31. The van der Waals surface area contributed by atoms with Crippen LogP contribution >= 0.6 is 0 Å². The van der Waals surface area contributed by atoms with Gasteiger partial charge in [0.25, 0.3) is 5.56 Å². The fourth-order valence-corrected chi connectivity index (χ4v) is 3.88. The van der Waals surface area contributed by atoms with Crippen LogP contribution in [0.2, 0.25) is 0 Å². The van der Waals surface area contributed by atoms with E-state index in [1.807, 2.05) is 25.1 Å². The lowest BCUT2D eigenvalue weighted by Gasteiger charge is -2.22. The normalized spacial score (nSPS) is 16.2. The Morgan fingerprint density at radius 1 is 1.00 bits per heavy atom. The molecule has 0 radical (unpaired) electrons. The predicted octanol–water partition coefficient (Wildman–Crippen LogP) is 4.21. The van der Waals surface area contributed by atoms with Crippen LogP contribution in [0.15, 0.2) is 47.3 Å². The zero-order valence-electron chi connectivity index (χ0n) is 15.4. The fraction of sp³-hybridized carbons (Fsp3) is 0.364. The lowest BCUT2D eigenvalue weighted by atomic mass is 9.89. The van der Waals surface area contributed by atoms with Crippen LogP contribution in [0, 0.1) is 0 Å². The van der Waals surface area contributed by atoms with Gasteiger partial charge in [-0.15, -0.1) is 0 Å². The monoisotopic (exact) mass is 347 g/mol. The van der Waals surface area contributed by atoms with Crippen LogP contribution in [-0.4, -0.2) is 9.97 Å². The number of aromatic amines is 1. The molecule has 0 aliphatic heterocycles. The van der Waals surface area contributed by atoms with E-state index < -0.39 is 0 Å². The zero-order valence-corrected chi connectivity index (χ0v) is 15.4. The molecular weight excluding hydrogens is 322 g/mol. The SMILES string of the molecule is C[C@@H](N[C@H](C)c1nc2ccccc2c(=O)[nH]1)c1ccc2c(c1)CCCC2. The number of rotatable bonds is 4. The number of para-hydroxylation sites is 1. The standard InChI is InChI=1S/C22H25N3O/c1-14(17-12-11-16-7-3-4-8-18(16)13-17)23-15(2)21-24-20-10-6-5-9-19(20)22(26)25-21/h5-6,9-15,23H,3-4,7-8H2,1-2H3,(H,24,25,26)/t14-,15-/m1/s1. The van der Waals surface area contributed by atoms with Gasteiger partial charge in [-0.1, -0.05) is 30.3 Å². The number of nitrogens with zero attached hydrogens (tertiary/aromatic N) is 1. The molecule has 0 spiro atoms. The third-order valence-electron chi connectivity index (χ3n) is 5.41. The van der Waals surface area contributed by atoms with Crippen molar-refractivity contribution < 1.29 is 0 Å². The summed E-state index contributed by atoms with van der Waals surface area (Å²) < 4.78 is 0. The maximum atomic E-state index is 12.3. The van der Waals surface area contributed by atoms with Crippen molar-refractivity contribution in [1.29, 1.82) is 0 Å². The van der Waals surface area contributed by atoms with Crippen LogP contribution in [0.1, 0.15) is 61.3 Å². The first-order chi connectivity index (χ1) is 12.6. The first-order valence-corrected chi connectivity index (χ1v) is 9.48. The molecule has 4 heteroatoms. The Morgan fingerprint density at radius 3 is 2.62 bits per heavy atom. The number of fused-ring (bicyclic) bond motifs is 2. The Morgan fingerprint density at radius 2 is 1.77 bits per heavy atom. The second-order valence-corrected chi connectivity index (χ2v) is 7.31. The first-order valence-electron chi connectivity index (χ1n) is 9.48. The van der Waals surface area contributed by atoms with E-state index in [1.165, 1.54) is 42.4 Å². The van der Waals surface area contributed by atoms with E-state index in [-0.39, 0.29) is 17.6 Å². The lowest BCUT2D eigenvalue weighted by Crippen LogP contribution is -2.26. The Hall–Kier alpha value is -2.46. The van der Waals surface area contributed by atoms with Gasteiger partial charge in [0, 0.05) is 6.04 Å². The summed E-state index contributed by atoms with van der Waals surface area (Å²) in [5.74, 6) is 0.679. The van der Waals surface area contributed by atoms with Gasteiger partial charge in [-0.25, -0.2) is 4.98 Å². The minimum atomic E-state index is -0.0827. The number of hydrogen-bond donors (Lipinski definition) is 2. The molecule has 2 N–H and O–H groups in total. The van der Waals surface area contributed by atoms with Crippen molar-refractivity contribution in [2.75, 3.05) is 0 Å². The number of aryl methyl sites for hydroxylation is 2. The first kappa shape index (κ1) is 17.0. The molecule has 1 aliphatic rings. The van der Waals surface area contributed by atoms with Crippen LogP contribution in [0.4, 0.5) is 0 Å². The highest BCUT2D eigenvalue weighted by atomic mass is 16.1. The van der Waals surface area contributed by atoms with E-state index in [2.05, 4.69) is 40.4 Å². The van der Waals surface area contributed by atoms with Crippen molar-refractivity contribution in [3.63, 3.8) is 0 Å². The second kappa shape index (κ2) is 7.04. The summed E-state index contributed by atoms with van der Waals surface area (Å²) in [6.45, 7) is 4.21. The average Bonchev–Trinajstić information content (AvgIpc) is 2.67. The molecule has 0 saturated heterocycles. The van der Waals surface area contributed by atoms with Gasteiger partial charge in [-0.3, -0.25) is 4.79 Å². The zero-order chi connectivity index (χ0) is 18.1. The number of nitrogens with one attached hydrogen (secondary N) is 2. The lowest BCUT2D eigenvalue weighted by molar-refractivity contribution is 0.476. The van der Waals surface area contributed by atoms with E-state index >= 15 is 0 Å². The largest absolute Gasteiger partial charge is 0.309 e. The highest BCUT2D eigenvalue weighted by Gasteiger charge is 2.16. The Bertz CT molecular complexity index is 992. The topological polar surface area (TPSA) is 57.8 Å². The molecule has 4 rings (SSSR count). The van der Waals surface area contributed by atoms with Crippen LogP contribution in [0.3, 0.4) is 0 Å². The molecule has 0 saturated carbocycles.